The molecule has 0 bridgehead atoms. The summed E-state index contributed by atoms with van der Waals surface area (Å²) in [5.74, 6) is 0. The monoisotopic (exact) mass is 188 g/mol. The van der Waals surface area contributed by atoms with Gasteiger partial charge in [0, 0.05) is 37.5 Å². The van der Waals surface area contributed by atoms with Gasteiger partial charge in [-0.05, 0) is 25.8 Å². The van der Waals surface area contributed by atoms with Gasteiger partial charge in [-0.2, -0.15) is 0 Å². The van der Waals surface area contributed by atoms with Gasteiger partial charge >= 0.3 is 0 Å². The average molecular weight is 188 g/mol. The van der Waals surface area contributed by atoms with E-state index in [4.69, 9.17) is 0 Å². The molecule has 2 aliphatic rings. The summed E-state index contributed by atoms with van der Waals surface area (Å²) in [7, 11) is 2.03. The summed E-state index contributed by atoms with van der Waals surface area (Å²) in [4.78, 5) is 4.23. The fraction of sp³-hybridized carbons (Fsp3) is 0.333. The highest BCUT2D eigenvalue weighted by molar-refractivity contribution is 5.25. The molecule has 0 saturated heterocycles. The highest BCUT2D eigenvalue weighted by Crippen LogP contribution is 2.22. The lowest BCUT2D eigenvalue weighted by molar-refractivity contribution is 0.505. The molecule has 0 atom stereocenters. The molecule has 74 valence electrons. The minimum atomic E-state index is 1.14. The van der Waals surface area contributed by atoms with Crippen molar-refractivity contribution in [3.05, 3.63) is 48.2 Å². The average Bonchev–Trinajstić information content (AvgIpc) is 2.21. The second-order valence-electron chi connectivity index (χ2n) is 3.84. The maximum atomic E-state index is 2.21. The predicted molar refractivity (Wildman–Crippen MR) is 59.0 cm³/mol. The first kappa shape index (κ1) is 9.13. The first-order chi connectivity index (χ1) is 6.75. The fourth-order valence-electron chi connectivity index (χ4n) is 1.59. The van der Waals surface area contributed by atoms with Gasteiger partial charge in [-0.3, -0.25) is 0 Å². The maximum Gasteiger partial charge on any atom is 0.0248 e. The third kappa shape index (κ3) is 1.90. The number of rotatable bonds is 1. The molecule has 0 aromatic carbocycles. The van der Waals surface area contributed by atoms with Crippen LogP contribution in [0.4, 0.5) is 0 Å². The van der Waals surface area contributed by atoms with Crippen LogP contribution >= 0.6 is 0 Å². The first-order valence-electron chi connectivity index (χ1n) is 4.99. The number of hydrogen-bond acceptors (Lipinski definition) is 2. The van der Waals surface area contributed by atoms with Crippen molar-refractivity contribution >= 4 is 0 Å². The van der Waals surface area contributed by atoms with Crippen LogP contribution in [0.25, 0.3) is 0 Å². The van der Waals surface area contributed by atoms with Gasteiger partial charge in [-0.1, -0.05) is 11.6 Å². The summed E-state index contributed by atoms with van der Waals surface area (Å²) < 4.78 is 0. The van der Waals surface area contributed by atoms with Crippen LogP contribution in [0.15, 0.2) is 48.2 Å². The molecule has 0 aromatic heterocycles. The van der Waals surface area contributed by atoms with Gasteiger partial charge in [0.05, 0.1) is 0 Å². The Hall–Kier alpha value is -1.44. The Bertz CT molecular complexity index is 320. The molecule has 0 unspecified atom stereocenters. The van der Waals surface area contributed by atoms with Crippen LogP contribution in [0, 0.1) is 0 Å². The molecule has 0 radical (unpaired) electrons. The first-order valence-corrected chi connectivity index (χ1v) is 4.99. The van der Waals surface area contributed by atoms with Crippen molar-refractivity contribution < 1.29 is 0 Å². The Labute approximate surface area is 85.5 Å². The van der Waals surface area contributed by atoms with E-state index in [1.165, 1.54) is 17.7 Å². The van der Waals surface area contributed by atoms with E-state index in [0.29, 0.717) is 0 Å². The Morgan fingerprint density at radius 3 is 2.29 bits per heavy atom. The van der Waals surface area contributed by atoms with E-state index in [9.17, 15) is 0 Å². The molecular weight excluding hydrogens is 172 g/mol. The van der Waals surface area contributed by atoms with Crippen LogP contribution in [0.5, 0.6) is 0 Å². The summed E-state index contributed by atoms with van der Waals surface area (Å²) in [6, 6.07) is 0. The number of hydrogen-bond donors (Lipinski definition) is 0. The lowest BCUT2D eigenvalue weighted by Crippen LogP contribution is -2.17. The van der Waals surface area contributed by atoms with Crippen molar-refractivity contribution in [2.75, 3.05) is 7.05 Å². The molecule has 0 spiro atoms. The zero-order chi connectivity index (χ0) is 9.97. The SMILES string of the molecule is CC1=CC=C(N2C=CN(C)C=C2)CC1. The van der Waals surface area contributed by atoms with Gasteiger partial charge < -0.3 is 9.80 Å². The van der Waals surface area contributed by atoms with Crippen molar-refractivity contribution in [1.82, 2.24) is 9.80 Å². The smallest absolute Gasteiger partial charge is 0.0248 e. The topological polar surface area (TPSA) is 6.48 Å². The number of nitrogens with zero attached hydrogens (tertiary/aromatic N) is 2. The molecule has 0 saturated carbocycles. The molecule has 0 fully saturated rings. The van der Waals surface area contributed by atoms with Gasteiger partial charge in [0.15, 0.2) is 0 Å². The molecule has 2 rings (SSSR count). The van der Waals surface area contributed by atoms with Crippen molar-refractivity contribution in [2.45, 2.75) is 19.8 Å². The molecule has 0 N–H and O–H groups in total. The van der Waals surface area contributed by atoms with Crippen molar-refractivity contribution in [2.24, 2.45) is 0 Å². The van der Waals surface area contributed by atoms with Crippen LogP contribution in [0.2, 0.25) is 0 Å². The molecule has 2 nitrogen and oxygen atoms in total. The Morgan fingerprint density at radius 2 is 1.71 bits per heavy atom. The largest absolute Gasteiger partial charge is 0.354 e. The van der Waals surface area contributed by atoms with Crippen LogP contribution < -0.4 is 0 Å². The summed E-state index contributed by atoms with van der Waals surface area (Å²) >= 11 is 0. The fourth-order valence-corrected chi connectivity index (χ4v) is 1.59. The molecule has 1 aliphatic heterocycles. The van der Waals surface area contributed by atoms with Crippen molar-refractivity contribution in [3.8, 4) is 0 Å². The third-order valence-corrected chi connectivity index (χ3v) is 2.59. The Kier molecular flexibility index (Phi) is 2.44. The Balaban J connectivity index is 2.10. The second kappa shape index (κ2) is 3.74. The van der Waals surface area contributed by atoms with E-state index in [2.05, 4.69) is 48.8 Å². The molecule has 1 heterocycles. The second-order valence-corrected chi connectivity index (χ2v) is 3.84. The van der Waals surface area contributed by atoms with Gasteiger partial charge in [-0.15, -0.1) is 0 Å². The van der Waals surface area contributed by atoms with Crippen LogP contribution in [0.3, 0.4) is 0 Å². The summed E-state index contributed by atoms with van der Waals surface area (Å²) in [5.41, 5.74) is 2.84. The third-order valence-electron chi connectivity index (χ3n) is 2.59. The molecule has 14 heavy (non-hydrogen) atoms. The van der Waals surface area contributed by atoms with Gasteiger partial charge in [-0.25, -0.2) is 0 Å². The maximum absolute atomic E-state index is 2.21. The lowest BCUT2D eigenvalue weighted by atomic mass is 10.0. The van der Waals surface area contributed by atoms with Crippen molar-refractivity contribution in [1.29, 1.82) is 0 Å². The Morgan fingerprint density at radius 1 is 1.00 bits per heavy atom. The van der Waals surface area contributed by atoms with Crippen LogP contribution in [-0.2, 0) is 0 Å². The van der Waals surface area contributed by atoms with Gasteiger partial charge in [0.1, 0.15) is 0 Å². The van der Waals surface area contributed by atoms with Crippen molar-refractivity contribution in [3.63, 3.8) is 0 Å². The normalized spacial score (nSPS) is 21.0. The van der Waals surface area contributed by atoms with E-state index in [-0.39, 0.29) is 0 Å². The lowest BCUT2D eigenvalue weighted by Gasteiger charge is -2.26. The van der Waals surface area contributed by atoms with Gasteiger partial charge in [0.25, 0.3) is 0 Å². The van der Waals surface area contributed by atoms with E-state index >= 15 is 0 Å². The van der Waals surface area contributed by atoms with Crippen LogP contribution in [-0.4, -0.2) is 16.8 Å². The predicted octanol–water partition coefficient (Wildman–Crippen LogP) is 2.80. The van der Waals surface area contributed by atoms with Crippen LogP contribution in [0.1, 0.15) is 19.8 Å². The van der Waals surface area contributed by atoms with Gasteiger partial charge in [0.2, 0.25) is 0 Å². The standard InChI is InChI=1S/C12H16N2/c1-11-3-5-12(6-4-11)14-9-7-13(2)8-10-14/h3,5,7-10H,4,6H2,1-2H3. The summed E-state index contributed by atoms with van der Waals surface area (Å²) in [6.45, 7) is 2.18. The molecular formula is C12H16N2. The highest BCUT2D eigenvalue weighted by atomic mass is 15.2. The summed E-state index contributed by atoms with van der Waals surface area (Å²) in [5, 5.41) is 0. The summed E-state index contributed by atoms with van der Waals surface area (Å²) in [6.07, 6.45) is 15.1. The minimum Gasteiger partial charge on any atom is -0.354 e. The molecule has 1 aliphatic carbocycles. The zero-order valence-electron chi connectivity index (χ0n) is 8.77. The number of allylic oxidation sites excluding steroid dienone is 4. The van der Waals surface area contributed by atoms with E-state index in [0.717, 1.165) is 6.42 Å². The quantitative estimate of drug-likeness (QED) is 0.624. The minimum absolute atomic E-state index is 1.14. The molecule has 0 amide bonds. The molecule has 2 heteroatoms. The van der Waals surface area contributed by atoms with E-state index < -0.39 is 0 Å². The zero-order valence-corrected chi connectivity index (χ0v) is 8.77. The van der Waals surface area contributed by atoms with E-state index in [1.807, 2.05) is 11.9 Å². The highest BCUT2D eigenvalue weighted by Gasteiger charge is 2.09. The molecule has 0 aromatic rings. The van der Waals surface area contributed by atoms with E-state index in [1.54, 1.807) is 0 Å².